The van der Waals surface area contributed by atoms with Crippen molar-refractivity contribution in [3.05, 3.63) is 65.7 Å². The van der Waals surface area contributed by atoms with Crippen LogP contribution in [0.4, 0.5) is 11.5 Å². The van der Waals surface area contributed by atoms with E-state index in [2.05, 4.69) is 83.7 Å². The molecule has 0 bridgehead atoms. The van der Waals surface area contributed by atoms with Crippen LogP contribution in [0.25, 0.3) is 10.9 Å². The van der Waals surface area contributed by atoms with Gasteiger partial charge in [-0.1, -0.05) is 24.3 Å². The van der Waals surface area contributed by atoms with E-state index in [1.165, 1.54) is 11.1 Å². The van der Waals surface area contributed by atoms with Gasteiger partial charge in [-0.2, -0.15) is 0 Å². The van der Waals surface area contributed by atoms with Crippen molar-refractivity contribution in [3.63, 3.8) is 0 Å². The van der Waals surface area contributed by atoms with E-state index >= 15 is 0 Å². The third-order valence-electron chi connectivity index (χ3n) is 5.56. The third-order valence-corrected chi connectivity index (χ3v) is 5.56. The lowest BCUT2D eigenvalue weighted by Crippen LogP contribution is -2.42. The van der Waals surface area contributed by atoms with E-state index in [1.54, 1.807) is 0 Å². The smallest absolute Gasteiger partial charge is 0.196 e. The maximum atomic E-state index is 6.30. The van der Waals surface area contributed by atoms with Crippen molar-refractivity contribution in [2.24, 2.45) is 10.7 Å². The average molecular weight is 402 g/mol. The molecule has 3 N–H and O–H groups in total. The summed E-state index contributed by atoms with van der Waals surface area (Å²) in [5.41, 5.74) is 11.1. The van der Waals surface area contributed by atoms with Crippen molar-refractivity contribution in [1.29, 1.82) is 0 Å². The molecule has 4 rings (SSSR count). The summed E-state index contributed by atoms with van der Waals surface area (Å²) in [6, 6.07) is 19.8. The molecular formula is C25H31N5. The number of fused-ring (bicyclic) bond motifs is 2. The van der Waals surface area contributed by atoms with Crippen LogP contribution in [0.2, 0.25) is 0 Å². The number of benzene rings is 2. The second-order valence-electron chi connectivity index (χ2n) is 8.55. The molecule has 2 aromatic carbocycles. The van der Waals surface area contributed by atoms with Gasteiger partial charge < -0.3 is 16.0 Å². The Morgan fingerprint density at radius 3 is 2.67 bits per heavy atom. The second kappa shape index (κ2) is 8.34. The highest BCUT2D eigenvalue weighted by Crippen LogP contribution is 2.33. The Kier molecular flexibility index (Phi) is 5.62. The number of hydrogen-bond acceptors (Lipinski definition) is 3. The maximum absolute atomic E-state index is 6.30. The van der Waals surface area contributed by atoms with Gasteiger partial charge in [-0.3, -0.25) is 4.99 Å². The van der Waals surface area contributed by atoms with Gasteiger partial charge in [0.2, 0.25) is 0 Å². The zero-order valence-electron chi connectivity index (χ0n) is 18.3. The van der Waals surface area contributed by atoms with E-state index in [1.807, 2.05) is 13.8 Å². The van der Waals surface area contributed by atoms with Crippen LogP contribution in [0.15, 0.2) is 59.6 Å². The fourth-order valence-electron chi connectivity index (χ4n) is 4.25. The lowest BCUT2D eigenvalue weighted by atomic mass is 10.1. The number of hydrogen-bond donors (Lipinski definition) is 2. The average Bonchev–Trinajstić information content (AvgIpc) is 3.10. The molecule has 30 heavy (non-hydrogen) atoms. The standard InChI is InChI=1S/C25H31N5/c1-16(2)27-25(26)30(17(3)4)20-11-13-22-19(15-20)10-14-24(28-22)29-23-12-9-18-7-5-6-8-21(18)23/h5-8,10-11,13-17,23H,9,12H2,1-4H3,(H2,26,27)(H,28,29)/t23-/m1/s1. The van der Waals surface area contributed by atoms with Crippen LogP contribution in [-0.4, -0.2) is 23.0 Å². The van der Waals surface area contributed by atoms with Gasteiger partial charge in [0.25, 0.3) is 0 Å². The minimum absolute atomic E-state index is 0.155. The molecule has 0 amide bonds. The summed E-state index contributed by atoms with van der Waals surface area (Å²) in [4.78, 5) is 11.5. The Labute approximate surface area is 179 Å². The zero-order chi connectivity index (χ0) is 21.3. The van der Waals surface area contributed by atoms with E-state index in [9.17, 15) is 0 Å². The summed E-state index contributed by atoms with van der Waals surface area (Å²) in [6.45, 7) is 8.31. The number of aryl methyl sites for hydroxylation is 1. The number of aromatic nitrogens is 1. The van der Waals surface area contributed by atoms with Crippen LogP contribution in [0.3, 0.4) is 0 Å². The molecule has 0 radical (unpaired) electrons. The van der Waals surface area contributed by atoms with Crippen LogP contribution in [0.1, 0.15) is 51.3 Å². The van der Waals surface area contributed by atoms with Gasteiger partial charge in [0.15, 0.2) is 5.96 Å². The number of anilines is 2. The van der Waals surface area contributed by atoms with Crippen molar-refractivity contribution in [3.8, 4) is 0 Å². The topological polar surface area (TPSA) is 66.5 Å². The molecule has 0 spiro atoms. The van der Waals surface area contributed by atoms with E-state index in [0.717, 1.165) is 35.2 Å². The highest BCUT2D eigenvalue weighted by Gasteiger charge is 2.22. The van der Waals surface area contributed by atoms with Gasteiger partial charge in [-0.15, -0.1) is 0 Å². The quantitative estimate of drug-likeness (QED) is 0.451. The number of guanidine groups is 1. The van der Waals surface area contributed by atoms with E-state index < -0.39 is 0 Å². The van der Waals surface area contributed by atoms with Gasteiger partial charge >= 0.3 is 0 Å². The van der Waals surface area contributed by atoms with Gasteiger partial charge in [0, 0.05) is 23.2 Å². The third kappa shape index (κ3) is 4.11. The molecule has 5 nitrogen and oxygen atoms in total. The molecule has 1 aromatic heterocycles. The molecule has 1 atom stereocenters. The molecule has 0 fully saturated rings. The Bertz CT molecular complexity index is 1070. The monoisotopic (exact) mass is 401 g/mol. The lowest BCUT2D eigenvalue weighted by Gasteiger charge is -2.28. The van der Waals surface area contributed by atoms with Crippen LogP contribution in [0.5, 0.6) is 0 Å². The molecular weight excluding hydrogens is 370 g/mol. The normalized spacial score (nSPS) is 16.3. The molecule has 1 aliphatic rings. The number of nitrogens with zero attached hydrogens (tertiary/aromatic N) is 3. The van der Waals surface area contributed by atoms with E-state index in [-0.39, 0.29) is 12.1 Å². The summed E-state index contributed by atoms with van der Waals surface area (Å²) in [6.07, 6.45) is 2.23. The van der Waals surface area contributed by atoms with Gasteiger partial charge in [-0.05, 0) is 82.0 Å². The highest BCUT2D eigenvalue weighted by atomic mass is 15.3. The number of pyridine rings is 1. The first-order valence-corrected chi connectivity index (χ1v) is 10.8. The lowest BCUT2D eigenvalue weighted by molar-refractivity contribution is 0.758. The molecule has 3 aromatic rings. The molecule has 5 heteroatoms. The van der Waals surface area contributed by atoms with Gasteiger partial charge in [0.1, 0.15) is 5.82 Å². The molecule has 0 unspecified atom stereocenters. The molecule has 1 heterocycles. The minimum atomic E-state index is 0.155. The Balaban J connectivity index is 1.60. The molecule has 0 saturated carbocycles. The fourth-order valence-corrected chi connectivity index (χ4v) is 4.25. The first-order valence-electron chi connectivity index (χ1n) is 10.8. The SMILES string of the molecule is CC(C)N=C(N)N(c1ccc2nc(N[C@@H]3CCc4ccccc43)ccc2c1)C(C)C. The summed E-state index contributed by atoms with van der Waals surface area (Å²) in [5.74, 6) is 1.46. The maximum Gasteiger partial charge on any atom is 0.196 e. The summed E-state index contributed by atoms with van der Waals surface area (Å²) in [5, 5.41) is 4.71. The van der Waals surface area contributed by atoms with Gasteiger partial charge in [0.05, 0.1) is 11.6 Å². The molecule has 1 aliphatic carbocycles. The number of aliphatic imine (C=N–C) groups is 1. The van der Waals surface area contributed by atoms with E-state index in [0.29, 0.717) is 12.0 Å². The number of rotatable bonds is 5. The van der Waals surface area contributed by atoms with Crippen LogP contribution in [0, 0.1) is 0 Å². The van der Waals surface area contributed by atoms with Crippen molar-refractivity contribution in [2.75, 3.05) is 10.2 Å². The van der Waals surface area contributed by atoms with Crippen LogP contribution >= 0.6 is 0 Å². The largest absolute Gasteiger partial charge is 0.369 e. The second-order valence-corrected chi connectivity index (χ2v) is 8.55. The first-order chi connectivity index (χ1) is 14.4. The highest BCUT2D eigenvalue weighted by molar-refractivity contribution is 5.97. The van der Waals surface area contributed by atoms with E-state index in [4.69, 9.17) is 10.7 Å². The molecule has 0 saturated heterocycles. The van der Waals surface area contributed by atoms with Crippen LogP contribution in [-0.2, 0) is 6.42 Å². The Hall–Kier alpha value is -3.08. The Morgan fingerprint density at radius 1 is 1.10 bits per heavy atom. The first kappa shape index (κ1) is 20.2. The molecule has 0 aliphatic heterocycles. The summed E-state index contributed by atoms with van der Waals surface area (Å²) < 4.78 is 0. The fraction of sp³-hybridized carbons (Fsp3) is 0.360. The van der Waals surface area contributed by atoms with Crippen molar-refractivity contribution in [1.82, 2.24) is 4.98 Å². The summed E-state index contributed by atoms with van der Waals surface area (Å²) in [7, 11) is 0. The molecule has 156 valence electrons. The van der Waals surface area contributed by atoms with Crippen LogP contribution < -0.4 is 16.0 Å². The number of nitrogens with one attached hydrogen (secondary N) is 1. The van der Waals surface area contributed by atoms with Gasteiger partial charge in [-0.25, -0.2) is 4.98 Å². The predicted octanol–water partition coefficient (Wildman–Crippen LogP) is 5.27. The number of nitrogens with two attached hydrogens (primary N) is 1. The predicted molar refractivity (Wildman–Crippen MR) is 127 cm³/mol. The Morgan fingerprint density at radius 2 is 1.90 bits per heavy atom. The summed E-state index contributed by atoms with van der Waals surface area (Å²) >= 11 is 0. The van der Waals surface area contributed by atoms with Crippen molar-refractivity contribution in [2.45, 2.75) is 58.7 Å². The van der Waals surface area contributed by atoms with Crippen molar-refractivity contribution < 1.29 is 0 Å². The minimum Gasteiger partial charge on any atom is -0.369 e. The zero-order valence-corrected chi connectivity index (χ0v) is 18.3. The van der Waals surface area contributed by atoms with Crippen molar-refractivity contribution >= 4 is 28.4 Å².